The van der Waals surface area contributed by atoms with Gasteiger partial charge in [0.25, 0.3) is 0 Å². The number of carbonyl (C=O) groups is 5. The largest absolute Gasteiger partial charge is 0.460 e. The summed E-state index contributed by atoms with van der Waals surface area (Å²) in [6.45, 7) is 36.1. The van der Waals surface area contributed by atoms with Crippen molar-refractivity contribution in [2.24, 2.45) is 52.8 Å². The van der Waals surface area contributed by atoms with Gasteiger partial charge in [-0.25, -0.2) is 30.2 Å². The van der Waals surface area contributed by atoms with Crippen molar-refractivity contribution in [1.29, 1.82) is 0 Å². The van der Waals surface area contributed by atoms with Gasteiger partial charge in [0, 0.05) is 29.1 Å². The summed E-state index contributed by atoms with van der Waals surface area (Å²) in [6.07, 6.45) is 11.5. The van der Waals surface area contributed by atoms with Gasteiger partial charge in [-0.1, -0.05) is 282 Å². The molecule has 6 atom stereocenters. The summed E-state index contributed by atoms with van der Waals surface area (Å²) in [5.74, 6) is -3.91. The molecule has 3 N–H and O–H groups in total. The molecule has 0 heterocycles. The van der Waals surface area contributed by atoms with E-state index in [0.29, 0.717) is 50.4 Å². The van der Waals surface area contributed by atoms with Crippen molar-refractivity contribution in [2.75, 3.05) is 6.61 Å². The van der Waals surface area contributed by atoms with E-state index < -0.39 is 81.0 Å². The standard InChI is InChI=1S/C30H39S.C26H31S.C20H24F2O5S.C18H15S.2C12H14F2O6S/c1-28(2,3)22-10-16-25(17-11-22)31(26-18-12-23(13-19-26)29(4,5)6)27-20-14-24(15-21-27)30(7,8)9;1-25(2,3)20-12-16-23(17-13-20)27(22-10-8-7-9-11-22)24-18-14-21(15-19-24)26(4,5)6;1-13-2-4-16(5-3-13)19-9-14-6-15(10-19)8-18(7-14,11-19)12-25-17(23)20(21,22)28-27-26-24;1-4-10-16(11-5-1)19(17-12-6-2-7-13-17)18-14-8-3-9-15-18;2*13-12(14,21-20-19-17)10(16)18-11-3-6-1-7(4-11)9(15)8(2-6)5-11/h10-21H,1-9H3;7-19H,1-6H3;2-5,14-15,24H,6-12H2,1H3;1-15H;2*6-8,17H,1-5H2/q2*+1;;+1;;. The summed E-state index contributed by atoms with van der Waals surface area (Å²) in [4.78, 5) is 71.4. The Morgan fingerprint density at radius 2 is 0.558 bits per heavy atom. The number of halogens is 6. The predicted octanol–water partition coefficient (Wildman–Crippen LogP) is 30.6. The number of hydrogen-bond acceptors (Lipinski definition) is 20. The third kappa shape index (κ3) is 28.6. The highest BCUT2D eigenvalue weighted by atomic mass is 32.2. The van der Waals surface area contributed by atoms with E-state index in [1.54, 1.807) is 0 Å². The Morgan fingerprint density at radius 3 is 0.803 bits per heavy atom. The van der Waals surface area contributed by atoms with Gasteiger partial charge in [0.2, 0.25) is 0 Å². The zero-order valence-corrected chi connectivity index (χ0v) is 91.2. The molecule has 12 aliphatic rings. The molecule has 0 aliphatic heterocycles. The van der Waals surface area contributed by atoms with Gasteiger partial charge in [-0.05, 0) is 308 Å². The Morgan fingerprint density at radius 1 is 0.313 bits per heavy atom. The number of aryl methyl sites for hydroxylation is 1. The van der Waals surface area contributed by atoms with Gasteiger partial charge in [0.05, 0.1) is 39.3 Å². The lowest BCUT2D eigenvalue weighted by Crippen LogP contribution is -2.57. The first kappa shape index (κ1) is 114. The maximum Gasteiger partial charge on any atom is 0.415 e. The number of benzene rings is 10. The highest BCUT2D eigenvalue weighted by Crippen LogP contribution is 2.67. The van der Waals surface area contributed by atoms with E-state index in [2.05, 4.69) is 406 Å². The second kappa shape index (κ2) is 47.2. The number of alkyl halides is 6. The average molecular weight is 2130 g/mol. The minimum Gasteiger partial charge on any atom is -0.460 e. The smallest absolute Gasteiger partial charge is 0.415 e. The molecule has 0 spiro atoms. The minimum atomic E-state index is -3.99. The average Bonchev–Trinajstić information content (AvgIpc) is 0.740. The SMILES string of the molecule is CC(C)(C)c1ccc([S+](c2ccc(C(C)(C)C)cc2)c2ccc(C(C)(C)C)cc2)cc1.CC(C)(C)c1ccc([S+](c2ccccc2)c2ccc(C(C)(C)C)cc2)cc1.Cc1ccc(C23CC4CC(CC(COC(=O)C(F)(F)SOOO)(C4)C2)C3)cc1.O=C1C2CC3CC1CC(OC(=O)C(F)(F)SOOO)(C3)C2.O=C1C2CC3CC1CC(OC(=O)C(F)(F)SOOO)(C3)C2.c1ccc([S+](c2ccccc2)c2ccccc2)cc1. The van der Waals surface area contributed by atoms with Gasteiger partial charge in [-0.3, -0.25) is 9.59 Å². The second-order valence-corrected chi connectivity index (χ2v) is 54.6. The van der Waals surface area contributed by atoms with Gasteiger partial charge in [0.15, 0.2) is 44.1 Å². The first-order valence-corrected chi connectivity index (χ1v) is 56.1. The Balaban J connectivity index is 0.000000140. The fourth-order valence-electron chi connectivity index (χ4n) is 23.5. The lowest BCUT2D eigenvalue weighted by atomic mass is 9.43. The van der Waals surface area contributed by atoms with Crippen LogP contribution in [0, 0.1) is 59.7 Å². The Labute approximate surface area is 882 Å². The summed E-state index contributed by atoms with van der Waals surface area (Å²) >= 11 is -1.84. The summed E-state index contributed by atoms with van der Waals surface area (Å²) < 4.78 is 108. The molecule has 12 saturated carbocycles. The van der Waals surface area contributed by atoms with Gasteiger partial charge in [-0.15, -0.1) is 13.0 Å². The fourth-order valence-corrected chi connectivity index (χ4v) is 30.4. The number of Topliss-reactive ketones (excluding diaryl/α,β-unsaturated/α-hetero) is 2. The van der Waals surface area contributed by atoms with E-state index in [1.807, 2.05) is 0 Å². The molecule has 12 fully saturated rings. The number of esters is 3. The first-order valence-electron chi connectivity index (χ1n) is 50.2. The molecule has 12 bridgehead atoms. The molecule has 10 aromatic carbocycles. The van der Waals surface area contributed by atoms with Gasteiger partial charge in [0.1, 0.15) is 58.9 Å². The highest BCUT2D eigenvalue weighted by Gasteiger charge is 2.63. The third-order valence-corrected chi connectivity index (χ3v) is 38.0. The maximum atomic E-state index is 13.7. The van der Waals surface area contributed by atoms with Gasteiger partial charge in [-0.2, -0.15) is 26.3 Å². The third-order valence-electron chi connectivity index (χ3n) is 29.8. The first-order chi connectivity index (χ1) is 69.3. The van der Waals surface area contributed by atoms with Crippen molar-refractivity contribution in [3.8, 4) is 0 Å². The molecule has 29 heteroatoms. The van der Waals surface area contributed by atoms with Crippen molar-refractivity contribution in [3.05, 3.63) is 306 Å². The summed E-state index contributed by atoms with van der Waals surface area (Å²) in [7, 11) is -0.219. The quantitative estimate of drug-likeness (QED) is 0.00870. The van der Waals surface area contributed by atoms with Crippen LogP contribution in [0.25, 0.3) is 0 Å². The van der Waals surface area contributed by atoms with Crippen molar-refractivity contribution in [1.82, 2.24) is 0 Å². The van der Waals surface area contributed by atoms with Crippen LogP contribution >= 0.6 is 36.1 Å². The van der Waals surface area contributed by atoms with Crippen molar-refractivity contribution < 1.29 is 108 Å². The maximum absolute atomic E-state index is 13.7. The molecule has 12 aliphatic carbocycles. The van der Waals surface area contributed by atoms with Crippen LogP contribution in [0.3, 0.4) is 0 Å². The molecule has 0 saturated heterocycles. The van der Waals surface area contributed by atoms with Crippen LogP contribution in [-0.2, 0) is 131 Å². The lowest BCUT2D eigenvalue weighted by molar-refractivity contribution is -0.433. The van der Waals surface area contributed by atoms with Crippen LogP contribution in [0.5, 0.6) is 0 Å². The summed E-state index contributed by atoms with van der Waals surface area (Å²) in [5.41, 5.74) is 8.16. The van der Waals surface area contributed by atoms with E-state index in [0.717, 1.165) is 57.8 Å². The van der Waals surface area contributed by atoms with Crippen LogP contribution < -0.4 is 0 Å². The lowest BCUT2D eigenvalue weighted by Gasteiger charge is -2.62. The number of hydrogen-bond donors (Lipinski definition) is 3. The van der Waals surface area contributed by atoms with Crippen molar-refractivity contribution in [3.63, 3.8) is 0 Å². The monoisotopic (exact) mass is 2130 g/mol. The fraction of sp³-hybridized carbons (Fsp3) is 0.449. The molecule has 10 aromatic rings. The molecule has 6 unspecified atom stereocenters. The molecular formula is C118H137F6O17S6+3. The summed E-state index contributed by atoms with van der Waals surface area (Å²) in [6, 6.07) is 97.9. The van der Waals surface area contributed by atoms with Crippen LogP contribution in [0.4, 0.5) is 26.3 Å². The van der Waals surface area contributed by atoms with E-state index >= 15 is 0 Å². The molecule has 0 aromatic heterocycles. The molecule has 22 rings (SSSR count). The van der Waals surface area contributed by atoms with E-state index in [-0.39, 0.29) is 124 Å². The van der Waals surface area contributed by atoms with Crippen LogP contribution in [0.2, 0.25) is 0 Å². The number of carbonyl (C=O) groups excluding carboxylic acids is 5. The van der Waals surface area contributed by atoms with E-state index in [4.69, 9.17) is 30.0 Å². The van der Waals surface area contributed by atoms with Crippen molar-refractivity contribution >= 4 is 98.3 Å². The number of ether oxygens (including phenoxy) is 3. The molecule has 0 radical (unpaired) electrons. The summed E-state index contributed by atoms with van der Waals surface area (Å²) in [5, 5.41) is 21.1. The second-order valence-electron chi connectivity index (χ2n) is 46.1. The minimum absolute atomic E-state index is 0.0113. The Hall–Kier alpha value is -8.73. The predicted molar refractivity (Wildman–Crippen MR) is 566 cm³/mol. The van der Waals surface area contributed by atoms with Crippen LogP contribution in [0.1, 0.15) is 246 Å². The molecule has 147 heavy (non-hydrogen) atoms. The zero-order valence-electron chi connectivity index (χ0n) is 86.3. The van der Waals surface area contributed by atoms with Crippen LogP contribution in [0.15, 0.2) is 311 Å². The number of rotatable bonds is 26. The number of ketones is 2. The molecule has 0 amide bonds. The van der Waals surface area contributed by atoms with Gasteiger partial charge >= 0.3 is 33.7 Å². The normalized spacial score (nSPS) is 23.6. The van der Waals surface area contributed by atoms with Crippen LogP contribution in [-0.4, -0.2) is 78.8 Å². The topological polar surface area (TPSA) is 229 Å². The molecule has 786 valence electrons. The highest BCUT2D eigenvalue weighted by molar-refractivity contribution is 7.98. The van der Waals surface area contributed by atoms with Gasteiger partial charge < -0.3 is 14.2 Å². The van der Waals surface area contributed by atoms with E-state index in [9.17, 15) is 50.3 Å². The Kier molecular flexibility index (Phi) is 36.6. The molecule has 17 nitrogen and oxygen atoms in total. The zero-order chi connectivity index (χ0) is 106. The Bertz CT molecular complexity index is 5620. The molecular weight excluding hydrogens is 2000 g/mol. The van der Waals surface area contributed by atoms with E-state index in [1.165, 1.54) is 89.4 Å². The van der Waals surface area contributed by atoms with Crippen molar-refractivity contribution in [2.45, 2.75) is 317 Å².